The molecule has 1 aromatic rings. The first kappa shape index (κ1) is 15.9. The van der Waals surface area contributed by atoms with Crippen LogP contribution in [0, 0.1) is 0 Å². The van der Waals surface area contributed by atoms with Gasteiger partial charge in [0.2, 0.25) is 5.95 Å². The molecule has 0 radical (unpaired) electrons. The van der Waals surface area contributed by atoms with Gasteiger partial charge in [-0.1, -0.05) is 0 Å². The molecule has 1 fully saturated rings. The molecule has 118 valence electrons. The van der Waals surface area contributed by atoms with Crippen LogP contribution in [-0.2, 0) is 14.6 Å². The van der Waals surface area contributed by atoms with Gasteiger partial charge in [0.1, 0.15) is 0 Å². The second-order valence-electron chi connectivity index (χ2n) is 4.90. The van der Waals surface area contributed by atoms with Crippen LogP contribution in [0.3, 0.4) is 0 Å². The molecule has 1 atom stereocenters. The van der Waals surface area contributed by atoms with Crippen LogP contribution in [0.4, 0.5) is 11.8 Å². The van der Waals surface area contributed by atoms with Crippen molar-refractivity contribution in [2.24, 2.45) is 0 Å². The summed E-state index contributed by atoms with van der Waals surface area (Å²) in [6.45, 7) is 3.79. The molecule has 1 aliphatic heterocycles. The summed E-state index contributed by atoms with van der Waals surface area (Å²) < 4.78 is 28.2. The second-order valence-corrected chi connectivity index (χ2v) is 7.13. The average Bonchev–Trinajstić information content (AvgIpc) is 2.81. The summed E-state index contributed by atoms with van der Waals surface area (Å²) in [5.41, 5.74) is 0. The van der Waals surface area contributed by atoms with Gasteiger partial charge in [-0.25, -0.2) is 8.42 Å². The van der Waals surface area contributed by atoms with E-state index in [1.807, 2.05) is 11.8 Å². The first-order valence-electron chi connectivity index (χ1n) is 6.95. The van der Waals surface area contributed by atoms with Gasteiger partial charge in [0.25, 0.3) is 0 Å². The van der Waals surface area contributed by atoms with Crippen LogP contribution in [-0.4, -0.2) is 68.0 Å². The van der Waals surface area contributed by atoms with Gasteiger partial charge in [0.05, 0.1) is 24.3 Å². The number of hydrogen-bond acceptors (Lipinski definition) is 8. The van der Waals surface area contributed by atoms with E-state index in [0.29, 0.717) is 37.9 Å². The Balaban J connectivity index is 2.09. The highest BCUT2D eigenvalue weighted by Crippen LogP contribution is 2.21. The van der Waals surface area contributed by atoms with Crippen LogP contribution < -0.4 is 10.2 Å². The van der Waals surface area contributed by atoms with Gasteiger partial charge in [-0.15, -0.1) is 5.10 Å². The van der Waals surface area contributed by atoms with Crippen LogP contribution in [0.5, 0.6) is 0 Å². The Morgan fingerprint density at radius 3 is 2.95 bits per heavy atom. The third kappa shape index (κ3) is 4.24. The highest BCUT2D eigenvalue weighted by molar-refractivity contribution is 7.91. The zero-order valence-corrected chi connectivity index (χ0v) is 13.1. The largest absolute Gasteiger partial charge is 0.383 e. The molecule has 1 aliphatic rings. The van der Waals surface area contributed by atoms with Gasteiger partial charge in [0.15, 0.2) is 15.7 Å². The Morgan fingerprint density at radius 1 is 1.52 bits per heavy atom. The quantitative estimate of drug-likeness (QED) is 0.699. The van der Waals surface area contributed by atoms with Gasteiger partial charge in [-0.3, -0.25) is 0 Å². The van der Waals surface area contributed by atoms with E-state index >= 15 is 0 Å². The highest BCUT2D eigenvalue weighted by atomic mass is 32.2. The summed E-state index contributed by atoms with van der Waals surface area (Å²) in [4.78, 5) is 6.30. The summed E-state index contributed by atoms with van der Waals surface area (Å²) in [5, 5.41) is 11.1. The average molecular weight is 315 g/mol. The smallest absolute Gasteiger partial charge is 0.247 e. The summed E-state index contributed by atoms with van der Waals surface area (Å²) in [6.07, 6.45) is 2.15. The Kier molecular flexibility index (Phi) is 5.29. The van der Waals surface area contributed by atoms with E-state index in [1.54, 1.807) is 13.3 Å². The molecule has 1 N–H and O–H groups in total. The summed E-state index contributed by atoms with van der Waals surface area (Å²) in [5.74, 6) is 1.46. The van der Waals surface area contributed by atoms with Crippen molar-refractivity contribution in [3.8, 4) is 0 Å². The molecule has 9 heteroatoms. The maximum Gasteiger partial charge on any atom is 0.247 e. The van der Waals surface area contributed by atoms with E-state index in [4.69, 9.17) is 4.74 Å². The van der Waals surface area contributed by atoms with Gasteiger partial charge >= 0.3 is 0 Å². The molecule has 1 unspecified atom stereocenters. The maximum absolute atomic E-state index is 11.6. The molecule has 1 aromatic heterocycles. The van der Waals surface area contributed by atoms with Crippen LogP contribution in [0.2, 0.25) is 0 Å². The van der Waals surface area contributed by atoms with Crippen molar-refractivity contribution in [2.75, 3.05) is 48.5 Å². The molecular weight excluding hydrogens is 294 g/mol. The molecule has 0 saturated carbocycles. The highest BCUT2D eigenvalue weighted by Gasteiger charge is 2.33. The van der Waals surface area contributed by atoms with Crippen molar-refractivity contribution in [1.29, 1.82) is 0 Å². The molecule has 8 nitrogen and oxygen atoms in total. The number of nitrogens with zero attached hydrogens (tertiary/aromatic N) is 4. The Morgan fingerprint density at radius 2 is 2.33 bits per heavy atom. The molecule has 0 bridgehead atoms. The molecule has 21 heavy (non-hydrogen) atoms. The van der Waals surface area contributed by atoms with Gasteiger partial charge in [-0.05, 0) is 13.3 Å². The number of sulfone groups is 1. The van der Waals surface area contributed by atoms with Crippen LogP contribution in [0.15, 0.2) is 6.20 Å². The summed E-state index contributed by atoms with van der Waals surface area (Å²) in [7, 11) is -1.31. The van der Waals surface area contributed by atoms with Crippen molar-refractivity contribution in [2.45, 2.75) is 19.4 Å². The normalized spacial score (nSPS) is 20.4. The number of methoxy groups -OCH3 is 1. The molecule has 1 saturated heterocycles. The van der Waals surface area contributed by atoms with E-state index in [2.05, 4.69) is 20.5 Å². The molecule has 0 aromatic carbocycles. The monoisotopic (exact) mass is 315 g/mol. The number of aromatic nitrogens is 3. The Labute approximate surface area is 124 Å². The molecule has 0 spiro atoms. The third-order valence-electron chi connectivity index (χ3n) is 3.41. The van der Waals surface area contributed by atoms with Gasteiger partial charge in [0, 0.05) is 26.2 Å². The van der Waals surface area contributed by atoms with E-state index in [-0.39, 0.29) is 17.5 Å². The fourth-order valence-electron chi connectivity index (χ4n) is 2.37. The zero-order valence-electron chi connectivity index (χ0n) is 12.3. The van der Waals surface area contributed by atoms with E-state index in [1.165, 1.54) is 0 Å². The van der Waals surface area contributed by atoms with Crippen LogP contribution in [0.1, 0.15) is 13.3 Å². The Hall–Kier alpha value is -1.48. The number of hydrogen-bond donors (Lipinski definition) is 1. The molecular formula is C12H21N5O3S. The lowest BCUT2D eigenvalue weighted by molar-refractivity contribution is 0.210. The van der Waals surface area contributed by atoms with E-state index in [9.17, 15) is 8.42 Å². The van der Waals surface area contributed by atoms with Crippen molar-refractivity contribution < 1.29 is 13.2 Å². The van der Waals surface area contributed by atoms with Crippen LogP contribution in [0.25, 0.3) is 0 Å². The summed E-state index contributed by atoms with van der Waals surface area (Å²) >= 11 is 0. The SMILES string of the molecule is CCN(c1nncc(NCCOC)n1)C1CCS(=O)(=O)C1. The second kappa shape index (κ2) is 6.99. The lowest BCUT2D eigenvalue weighted by atomic mass is 10.2. The zero-order chi connectivity index (χ0) is 15.3. The van der Waals surface area contributed by atoms with Gasteiger partial charge < -0.3 is 15.0 Å². The minimum atomic E-state index is -2.94. The lowest BCUT2D eigenvalue weighted by Gasteiger charge is -2.26. The summed E-state index contributed by atoms with van der Waals surface area (Å²) in [6, 6.07) is -0.0731. The predicted molar refractivity (Wildman–Crippen MR) is 80.3 cm³/mol. The lowest BCUT2D eigenvalue weighted by Crippen LogP contribution is -2.37. The maximum atomic E-state index is 11.6. The van der Waals surface area contributed by atoms with Crippen molar-refractivity contribution in [1.82, 2.24) is 15.2 Å². The minimum Gasteiger partial charge on any atom is -0.383 e. The predicted octanol–water partition coefficient (Wildman–Crippen LogP) is -0.0567. The number of ether oxygens (including phenoxy) is 1. The molecule has 2 rings (SSSR count). The van der Waals surface area contributed by atoms with E-state index in [0.717, 1.165) is 0 Å². The fourth-order valence-corrected chi connectivity index (χ4v) is 4.10. The number of nitrogens with one attached hydrogen (secondary N) is 1. The Bertz CT molecular complexity index is 566. The van der Waals surface area contributed by atoms with Crippen molar-refractivity contribution in [3.05, 3.63) is 6.20 Å². The first-order chi connectivity index (χ1) is 10.1. The first-order valence-corrected chi connectivity index (χ1v) is 8.77. The van der Waals surface area contributed by atoms with Crippen LogP contribution >= 0.6 is 0 Å². The third-order valence-corrected chi connectivity index (χ3v) is 5.16. The molecule has 2 heterocycles. The fraction of sp³-hybridized carbons (Fsp3) is 0.750. The topological polar surface area (TPSA) is 97.3 Å². The molecule has 0 aliphatic carbocycles. The van der Waals surface area contributed by atoms with E-state index < -0.39 is 9.84 Å². The minimum absolute atomic E-state index is 0.0731. The van der Waals surface area contributed by atoms with Crippen molar-refractivity contribution >= 4 is 21.6 Å². The number of anilines is 2. The van der Waals surface area contributed by atoms with Gasteiger partial charge in [-0.2, -0.15) is 10.1 Å². The molecule has 0 amide bonds. The number of rotatable bonds is 7. The standard InChI is InChI=1S/C12H21N5O3S/c1-3-17(10-4-7-21(18,19)9-10)12-15-11(8-14-16-12)13-5-6-20-2/h8,10H,3-7,9H2,1-2H3,(H,13,15,16). The van der Waals surface area contributed by atoms with Crippen molar-refractivity contribution in [3.63, 3.8) is 0 Å².